The van der Waals surface area contributed by atoms with E-state index in [0.29, 0.717) is 5.56 Å². The molecule has 0 heterocycles. The minimum absolute atomic E-state index is 0.203. The van der Waals surface area contributed by atoms with Crippen molar-refractivity contribution in [1.29, 1.82) is 0 Å². The first-order chi connectivity index (χ1) is 7.11. The van der Waals surface area contributed by atoms with Crippen LogP contribution >= 0.6 is 0 Å². The third kappa shape index (κ3) is 3.69. The molecular weight excluding hydrogens is 196 g/mol. The second-order valence-corrected chi connectivity index (χ2v) is 3.23. The van der Waals surface area contributed by atoms with E-state index < -0.39 is 18.2 Å². The fourth-order valence-electron chi connectivity index (χ4n) is 1.17. The van der Waals surface area contributed by atoms with Crippen LogP contribution in [0.5, 0.6) is 0 Å². The molecule has 2 N–H and O–H groups in total. The molecule has 15 heavy (non-hydrogen) atoms. The summed E-state index contributed by atoms with van der Waals surface area (Å²) in [6, 6.07) is 8.73. The van der Waals surface area contributed by atoms with E-state index in [-0.39, 0.29) is 6.61 Å². The van der Waals surface area contributed by atoms with Crippen LogP contribution in [0.1, 0.15) is 18.6 Å². The van der Waals surface area contributed by atoms with E-state index in [2.05, 4.69) is 4.74 Å². The van der Waals surface area contributed by atoms with Crippen molar-refractivity contribution in [3.8, 4) is 0 Å². The molecule has 0 radical (unpaired) electrons. The largest absolute Gasteiger partial charge is 0.463 e. The Morgan fingerprint density at radius 3 is 2.47 bits per heavy atom. The Hall–Kier alpha value is -1.39. The van der Waals surface area contributed by atoms with Gasteiger partial charge in [0.05, 0.1) is 0 Å². The molecule has 82 valence electrons. The predicted octanol–water partition coefficient (Wildman–Crippen LogP) is 0.644. The third-order valence-corrected chi connectivity index (χ3v) is 1.96. The molecule has 1 rings (SSSR count). The van der Waals surface area contributed by atoms with E-state index in [4.69, 9.17) is 0 Å². The van der Waals surface area contributed by atoms with E-state index in [9.17, 15) is 15.0 Å². The van der Waals surface area contributed by atoms with Crippen LogP contribution in [0, 0.1) is 0 Å². The van der Waals surface area contributed by atoms with E-state index in [0.717, 1.165) is 0 Å². The minimum atomic E-state index is -1.10. The van der Waals surface area contributed by atoms with Gasteiger partial charge in [0.2, 0.25) is 0 Å². The Labute approximate surface area is 88.1 Å². The quantitative estimate of drug-likeness (QED) is 0.716. The van der Waals surface area contributed by atoms with Gasteiger partial charge in [-0.2, -0.15) is 0 Å². The van der Waals surface area contributed by atoms with Gasteiger partial charge in [-0.1, -0.05) is 30.3 Å². The average molecular weight is 210 g/mol. The first-order valence-corrected chi connectivity index (χ1v) is 4.65. The van der Waals surface area contributed by atoms with Crippen LogP contribution in [0.3, 0.4) is 0 Å². The monoisotopic (exact) mass is 210 g/mol. The van der Waals surface area contributed by atoms with Gasteiger partial charge >= 0.3 is 5.97 Å². The number of rotatable bonds is 4. The molecule has 0 saturated carbocycles. The summed E-state index contributed by atoms with van der Waals surface area (Å²) >= 11 is 0. The first-order valence-electron chi connectivity index (χ1n) is 4.65. The van der Waals surface area contributed by atoms with Crippen LogP contribution in [-0.4, -0.2) is 28.9 Å². The zero-order valence-corrected chi connectivity index (χ0v) is 8.46. The highest BCUT2D eigenvalue weighted by molar-refractivity contribution is 5.65. The number of hydrogen-bond acceptors (Lipinski definition) is 4. The van der Waals surface area contributed by atoms with Gasteiger partial charge in [0.1, 0.15) is 18.8 Å². The molecule has 0 amide bonds. The molecule has 0 aliphatic heterocycles. The van der Waals surface area contributed by atoms with Crippen LogP contribution in [0.15, 0.2) is 30.3 Å². The molecule has 0 aliphatic rings. The van der Waals surface area contributed by atoms with Crippen molar-refractivity contribution < 1.29 is 19.7 Å². The van der Waals surface area contributed by atoms with Crippen LogP contribution < -0.4 is 0 Å². The Morgan fingerprint density at radius 1 is 1.33 bits per heavy atom. The lowest BCUT2D eigenvalue weighted by atomic mass is 10.1. The molecule has 0 spiro atoms. The topological polar surface area (TPSA) is 66.8 Å². The molecule has 0 aromatic heterocycles. The van der Waals surface area contributed by atoms with Gasteiger partial charge in [-0.15, -0.1) is 0 Å². The van der Waals surface area contributed by atoms with Gasteiger partial charge in [-0.05, 0) is 5.56 Å². The Morgan fingerprint density at radius 2 is 1.93 bits per heavy atom. The van der Waals surface area contributed by atoms with Crippen LogP contribution in [0.2, 0.25) is 0 Å². The Balaban J connectivity index is 2.53. The summed E-state index contributed by atoms with van der Waals surface area (Å²) in [5.41, 5.74) is 0.595. The number of benzene rings is 1. The lowest BCUT2D eigenvalue weighted by molar-refractivity contribution is -0.146. The molecule has 1 aromatic rings. The fourth-order valence-corrected chi connectivity index (χ4v) is 1.17. The lowest BCUT2D eigenvalue weighted by Crippen LogP contribution is -2.25. The van der Waals surface area contributed by atoms with Crippen LogP contribution in [0.25, 0.3) is 0 Å². The first kappa shape index (κ1) is 11.7. The normalized spacial score (nSPS) is 14.3. The second kappa shape index (κ2) is 5.48. The standard InChI is InChI=1S/C11H14O4/c1-8(12)15-7-10(13)11(14)9-5-3-2-4-6-9/h2-6,10-11,13-14H,7H2,1H3/t10-,11-/m1/s1. The zero-order valence-electron chi connectivity index (χ0n) is 8.46. The number of esters is 1. The zero-order chi connectivity index (χ0) is 11.3. The number of carbonyl (C=O) groups excluding carboxylic acids is 1. The smallest absolute Gasteiger partial charge is 0.302 e. The SMILES string of the molecule is CC(=O)OC[C@@H](O)[C@H](O)c1ccccc1. The maximum absolute atomic E-state index is 10.5. The summed E-state index contributed by atoms with van der Waals surface area (Å²) in [5.74, 6) is -0.477. The number of aliphatic hydroxyl groups excluding tert-OH is 2. The highest BCUT2D eigenvalue weighted by Gasteiger charge is 2.18. The molecule has 0 aliphatic carbocycles. The van der Waals surface area contributed by atoms with Crippen molar-refractivity contribution in [2.45, 2.75) is 19.1 Å². The summed E-state index contributed by atoms with van der Waals surface area (Å²) in [6.45, 7) is 1.05. The minimum Gasteiger partial charge on any atom is -0.463 e. The molecule has 0 saturated heterocycles. The van der Waals surface area contributed by atoms with Crippen molar-refractivity contribution in [3.05, 3.63) is 35.9 Å². The molecule has 2 atom stereocenters. The number of hydrogen-bond donors (Lipinski definition) is 2. The van der Waals surface area contributed by atoms with E-state index in [1.165, 1.54) is 6.92 Å². The van der Waals surface area contributed by atoms with Crippen molar-refractivity contribution in [2.75, 3.05) is 6.61 Å². The molecular formula is C11H14O4. The van der Waals surface area contributed by atoms with E-state index >= 15 is 0 Å². The summed E-state index contributed by atoms with van der Waals surface area (Å²) in [4.78, 5) is 10.5. The molecule has 0 fully saturated rings. The second-order valence-electron chi connectivity index (χ2n) is 3.23. The molecule has 1 aromatic carbocycles. The van der Waals surface area contributed by atoms with Crippen LogP contribution in [0.4, 0.5) is 0 Å². The van der Waals surface area contributed by atoms with Gasteiger partial charge in [0, 0.05) is 6.92 Å². The number of ether oxygens (including phenoxy) is 1. The van der Waals surface area contributed by atoms with E-state index in [1.54, 1.807) is 24.3 Å². The van der Waals surface area contributed by atoms with Crippen molar-refractivity contribution in [2.24, 2.45) is 0 Å². The number of carbonyl (C=O) groups is 1. The summed E-state index contributed by atoms with van der Waals surface area (Å²) in [5, 5.41) is 19.2. The summed E-state index contributed by atoms with van der Waals surface area (Å²) < 4.78 is 4.60. The van der Waals surface area contributed by atoms with Crippen LogP contribution in [-0.2, 0) is 9.53 Å². The molecule has 0 bridgehead atoms. The van der Waals surface area contributed by atoms with Gasteiger partial charge in [-0.3, -0.25) is 4.79 Å². The van der Waals surface area contributed by atoms with Crippen molar-refractivity contribution in [3.63, 3.8) is 0 Å². The lowest BCUT2D eigenvalue weighted by Gasteiger charge is -2.17. The Kier molecular flexibility index (Phi) is 4.27. The third-order valence-electron chi connectivity index (χ3n) is 1.96. The highest BCUT2D eigenvalue weighted by Crippen LogP contribution is 2.16. The predicted molar refractivity (Wildman–Crippen MR) is 54.0 cm³/mol. The van der Waals surface area contributed by atoms with Gasteiger partial charge < -0.3 is 14.9 Å². The maximum Gasteiger partial charge on any atom is 0.302 e. The van der Waals surface area contributed by atoms with E-state index in [1.807, 2.05) is 6.07 Å². The van der Waals surface area contributed by atoms with Crippen molar-refractivity contribution >= 4 is 5.97 Å². The average Bonchev–Trinajstić information content (AvgIpc) is 2.26. The Bertz CT molecular complexity index is 310. The molecule has 4 nitrogen and oxygen atoms in total. The van der Waals surface area contributed by atoms with Gasteiger partial charge in [-0.25, -0.2) is 0 Å². The molecule has 0 unspecified atom stereocenters. The van der Waals surface area contributed by atoms with Gasteiger partial charge in [0.15, 0.2) is 0 Å². The van der Waals surface area contributed by atoms with Gasteiger partial charge in [0.25, 0.3) is 0 Å². The fraction of sp³-hybridized carbons (Fsp3) is 0.364. The summed E-state index contributed by atoms with van der Waals surface area (Å²) in [7, 11) is 0. The van der Waals surface area contributed by atoms with Crippen molar-refractivity contribution in [1.82, 2.24) is 0 Å². The summed E-state index contributed by atoms with van der Waals surface area (Å²) in [6.07, 6.45) is -2.14. The number of aliphatic hydroxyl groups is 2. The maximum atomic E-state index is 10.5. The molecule has 4 heteroatoms. The highest BCUT2D eigenvalue weighted by atomic mass is 16.5.